The van der Waals surface area contributed by atoms with Gasteiger partial charge >= 0.3 is 0 Å². The predicted molar refractivity (Wildman–Crippen MR) is 60.8 cm³/mol. The second-order valence-electron chi connectivity index (χ2n) is 3.42. The van der Waals surface area contributed by atoms with Gasteiger partial charge in [-0.15, -0.1) is 0 Å². The Morgan fingerprint density at radius 1 is 1.40 bits per heavy atom. The molecule has 1 heterocycles. The molecule has 0 bridgehead atoms. The fraction of sp³-hybridized carbons (Fsp3) is 0.167. The highest BCUT2D eigenvalue weighted by Gasteiger charge is 2.03. The maximum absolute atomic E-state index is 8.65. The molecule has 1 aromatic carbocycles. The van der Waals surface area contributed by atoms with E-state index in [9.17, 15) is 0 Å². The Hall–Kier alpha value is -1.59. The average Bonchev–Trinajstić information content (AvgIpc) is 2.20. The highest BCUT2D eigenvalue weighted by molar-refractivity contribution is 6.31. The summed E-state index contributed by atoms with van der Waals surface area (Å²) in [5.41, 5.74) is 2.72. The van der Waals surface area contributed by atoms with Crippen molar-refractivity contribution >= 4 is 22.5 Å². The number of hydrogen-bond donors (Lipinski definition) is 0. The van der Waals surface area contributed by atoms with E-state index in [1.54, 1.807) is 0 Å². The quantitative estimate of drug-likeness (QED) is 0.734. The predicted octanol–water partition coefficient (Wildman–Crippen LogP) is 3.26. The van der Waals surface area contributed by atoms with Crippen molar-refractivity contribution in [2.24, 2.45) is 0 Å². The number of halogens is 1. The number of nitriles is 1. The van der Waals surface area contributed by atoms with Crippen LogP contribution < -0.4 is 0 Å². The maximum Gasteiger partial charge on any atom is 0.0777 e. The van der Waals surface area contributed by atoms with Crippen molar-refractivity contribution < 1.29 is 0 Å². The van der Waals surface area contributed by atoms with Crippen molar-refractivity contribution in [1.82, 2.24) is 4.98 Å². The molecule has 2 nitrogen and oxygen atoms in total. The van der Waals surface area contributed by atoms with Crippen LogP contribution in [0.4, 0.5) is 0 Å². The van der Waals surface area contributed by atoms with E-state index in [4.69, 9.17) is 16.9 Å². The van der Waals surface area contributed by atoms with Crippen LogP contribution in [-0.4, -0.2) is 4.98 Å². The zero-order valence-electron chi connectivity index (χ0n) is 8.29. The van der Waals surface area contributed by atoms with Crippen molar-refractivity contribution in [3.8, 4) is 6.07 Å². The van der Waals surface area contributed by atoms with Crippen LogP contribution in [0, 0.1) is 18.3 Å². The van der Waals surface area contributed by atoms with E-state index < -0.39 is 0 Å². The maximum atomic E-state index is 8.65. The first-order chi connectivity index (χ1) is 7.20. The van der Waals surface area contributed by atoms with Gasteiger partial charge in [0.25, 0.3) is 0 Å². The Labute approximate surface area is 93.1 Å². The van der Waals surface area contributed by atoms with E-state index in [0.717, 1.165) is 22.2 Å². The fourth-order valence-electron chi connectivity index (χ4n) is 1.54. The summed E-state index contributed by atoms with van der Waals surface area (Å²) in [6, 6.07) is 9.74. The van der Waals surface area contributed by atoms with Gasteiger partial charge < -0.3 is 0 Å². The van der Waals surface area contributed by atoms with Gasteiger partial charge in [0.05, 0.1) is 23.7 Å². The van der Waals surface area contributed by atoms with Gasteiger partial charge in [-0.2, -0.15) is 5.26 Å². The summed E-state index contributed by atoms with van der Waals surface area (Å²) in [4.78, 5) is 4.42. The third kappa shape index (κ3) is 1.93. The van der Waals surface area contributed by atoms with Crippen molar-refractivity contribution in [3.05, 3.63) is 40.5 Å². The standard InChI is InChI=1S/C12H9ClN2/c1-8-6-9-2-3-10(13)7-12(9)15-11(8)4-5-14/h2-3,6-7H,4H2,1H3. The zero-order valence-corrected chi connectivity index (χ0v) is 9.04. The van der Waals surface area contributed by atoms with Gasteiger partial charge in [0, 0.05) is 10.4 Å². The van der Waals surface area contributed by atoms with E-state index in [2.05, 4.69) is 11.1 Å². The molecule has 0 N–H and O–H groups in total. The summed E-state index contributed by atoms with van der Waals surface area (Å²) in [6.07, 6.45) is 0.342. The van der Waals surface area contributed by atoms with Gasteiger partial charge in [0.15, 0.2) is 0 Å². The largest absolute Gasteiger partial charge is 0.251 e. The first kappa shape index (κ1) is 9.95. The molecule has 1 aromatic heterocycles. The Morgan fingerprint density at radius 3 is 2.93 bits per heavy atom. The summed E-state index contributed by atoms with van der Waals surface area (Å²) in [5, 5.41) is 10.4. The monoisotopic (exact) mass is 216 g/mol. The molecule has 0 fully saturated rings. The molecule has 2 rings (SSSR count). The average molecular weight is 217 g/mol. The van der Waals surface area contributed by atoms with Gasteiger partial charge in [-0.05, 0) is 30.7 Å². The lowest BCUT2D eigenvalue weighted by Crippen LogP contribution is -1.93. The Morgan fingerprint density at radius 2 is 2.20 bits per heavy atom. The number of benzene rings is 1. The summed E-state index contributed by atoms with van der Waals surface area (Å²) >= 11 is 5.88. The smallest absolute Gasteiger partial charge is 0.0777 e. The molecule has 0 amide bonds. The number of aromatic nitrogens is 1. The molecule has 3 heteroatoms. The summed E-state index contributed by atoms with van der Waals surface area (Å²) in [6.45, 7) is 1.97. The second kappa shape index (κ2) is 3.88. The first-order valence-electron chi connectivity index (χ1n) is 4.63. The van der Waals surface area contributed by atoms with E-state index >= 15 is 0 Å². The molecular weight excluding hydrogens is 208 g/mol. The number of rotatable bonds is 1. The van der Waals surface area contributed by atoms with Crippen LogP contribution in [0.25, 0.3) is 10.9 Å². The Balaban J connectivity index is 2.67. The zero-order chi connectivity index (χ0) is 10.8. The van der Waals surface area contributed by atoms with E-state index in [0.29, 0.717) is 11.4 Å². The van der Waals surface area contributed by atoms with Gasteiger partial charge in [-0.3, -0.25) is 4.98 Å². The molecular formula is C12H9ClN2. The molecule has 0 aliphatic carbocycles. The fourth-order valence-corrected chi connectivity index (χ4v) is 1.71. The van der Waals surface area contributed by atoms with E-state index in [-0.39, 0.29) is 0 Å². The lowest BCUT2D eigenvalue weighted by atomic mass is 10.1. The highest BCUT2D eigenvalue weighted by atomic mass is 35.5. The van der Waals surface area contributed by atoms with Crippen LogP contribution in [0.1, 0.15) is 11.3 Å². The van der Waals surface area contributed by atoms with Crippen molar-refractivity contribution in [3.63, 3.8) is 0 Å². The van der Waals surface area contributed by atoms with Crippen molar-refractivity contribution in [2.75, 3.05) is 0 Å². The molecule has 0 aliphatic rings. The number of nitrogens with zero attached hydrogens (tertiary/aromatic N) is 2. The minimum absolute atomic E-state index is 0.342. The van der Waals surface area contributed by atoms with Crippen LogP contribution in [0.3, 0.4) is 0 Å². The normalized spacial score (nSPS) is 10.2. The number of hydrogen-bond acceptors (Lipinski definition) is 2. The third-order valence-electron chi connectivity index (χ3n) is 2.32. The number of fused-ring (bicyclic) bond motifs is 1. The van der Waals surface area contributed by atoms with Gasteiger partial charge in [-0.1, -0.05) is 17.7 Å². The van der Waals surface area contributed by atoms with Crippen LogP contribution >= 0.6 is 11.6 Å². The number of aryl methyl sites for hydroxylation is 1. The topological polar surface area (TPSA) is 36.7 Å². The minimum Gasteiger partial charge on any atom is -0.251 e. The van der Waals surface area contributed by atoms with Crippen LogP contribution in [-0.2, 0) is 6.42 Å². The molecule has 2 aromatic rings. The van der Waals surface area contributed by atoms with Crippen LogP contribution in [0.2, 0.25) is 5.02 Å². The van der Waals surface area contributed by atoms with Crippen molar-refractivity contribution in [1.29, 1.82) is 5.26 Å². The molecule has 0 radical (unpaired) electrons. The van der Waals surface area contributed by atoms with E-state index in [1.807, 2.05) is 31.2 Å². The van der Waals surface area contributed by atoms with Crippen LogP contribution in [0.5, 0.6) is 0 Å². The molecule has 0 spiro atoms. The summed E-state index contributed by atoms with van der Waals surface area (Å²) in [7, 11) is 0. The Kier molecular flexibility index (Phi) is 2.57. The lowest BCUT2D eigenvalue weighted by molar-refractivity contribution is 1.11. The second-order valence-corrected chi connectivity index (χ2v) is 3.86. The first-order valence-corrected chi connectivity index (χ1v) is 5.01. The van der Waals surface area contributed by atoms with Gasteiger partial charge in [0.2, 0.25) is 0 Å². The Bertz CT molecular complexity index is 555. The van der Waals surface area contributed by atoms with Crippen LogP contribution in [0.15, 0.2) is 24.3 Å². The van der Waals surface area contributed by atoms with Gasteiger partial charge in [0.1, 0.15) is 0 Å². The molecule has 0 aliphatic heterocycles. The summed E-state index contributed by atoms with van der Waals surface area (Å²) < 4.78 is 0. The SMILES string of the molecule is Cc1cc2ccc(Cl)cc2nc1CC#N. The third-order valence-corrected chi connectivity index (χ3v) is 2.56. The highest BCUT2D eigenvalue weighted by Crippen LogP contribution is 2.20. The molecule has 74 valence electrons. The molecule has 0 saturated carbocycles. The van der Waals surface area contributed by atoms with E-state index in [1.165, 1.54) is 0 Å². The minimum atomic E-state index is 0.342. The lowest BCUT2D eigenvalue weighted by Gasteiger charge is -2.04. The molecule has 0 saturated heterocycles. The van der Waals surface area contributed by atoms with Crippen molar-refractivity contribution in [2.45, 2.75) is 13.3 Å². The van der Waals surface area contributed by atoms with Gasteiger partial charge in [-0.25, -0.2) is 0 Å². The summed E-state index contributed by atoms with van der Waals surface area (Å²) in [5.74, 6) is 0. The number of pyridine rings is 1. The molecule has 0 unspecified atom stereocenters. The molecule has 0 atom stereocenters. The molecule has 15 heavy (non-hydrogen) atoms.